The highest BCUT2D eigenvalue weighted by atomic mass is 31.2. The quantitative estimate of drug-likeness (QED) is 0.0349. The van der Waals surface area contributed by atoms with Crippen molar-refractivity contribution in [3.8, 4) is 0 Å². The molecular formula is C52H104NO8P. The molecule has 0 aliphatic carbocycles. The zero-order valence-electron chi connectivity index (χ0n) is 41.4. The third-order valence-corrected chi connectivity index (χ3v) is 13.2. The summed E-state index contributed by atoms with van der Waals surface area (Å²) in [6, 6.07) is 0. The molecule has 0 rings (SSSR count). The van der Waals surface area contributed by atoms with Crippen molar-refractivity contribution in [1.82, 2.24) is 5.32 Å². The first-order valence-electron chi connectivity index (χ1n) is 27.0. The monoisotopic (exact) mass is 902 g/mol. The molecule has 0 saturated heterocycles. The first-order valence-corrected chi connectivity index (χ1v) is 28.5. The molecule has 0 amide bonds. The lowest BCUT2D eigenvalue weighted by atomic mass is 10.0. The fourth-order valence-corrected chi connectivity index (χ4v) is 8.90. The Morgan fingerprint density at radius 2 is 0.726 bits per heavy atom. The van der Waals surface area contributed by atoms with E-state index in [0.717, 1.165) is 38.5 Å². The molecule has 0 fully saturated rings. The van der Waals surface area contributed by atoms with Crippen molar-refractivity contribution in [1.29, 1.82) is 0 Å². The van der Waals surface area contributed by atoms with Crippen LogP contribution in [-0.2, 0) is 32.7 Å². The van der Waals surface area contributed by atoms with Crippen molar-refractivity contribution >= 4 is 19.8 Å². The Morgan fingerprint density at radius 1 is 0.435 bits per heavy atom. The van der Waals surface area contributed by atoms with Gasteiger partial charge in [0.1, 0.15) is 6.61 Å². The Kier molecular flexibility index (Phi) is 48.7. The summed E-state index contributed by atoms with van der Waals surface area (Å²) in [6.45, 7) is 4.31. The number of nitrogens with one attached hydrogen (secondary N) is 1. The van der Waals surface area contributed by atoms with Crippen LogP contribution in [-0.4, -0.2) is 56.3 Å². The number of unbranched alkanes of at least 4 members (excludes halogenated alkanes) is 38. The van der Waals surface area contributed by atoms with Gasteiger partial charge in [-0.3, -0.25) is 18.6 Å². The molecule has 0 spiro atoms. The smallest absolute Gasteiger partial charge is 0.462 e. The average Bonchev–Trinajstić information content (AvgIpc) is 3.26. The fraction of sp³-hybridized carbons (Fsp3) is 0.962. The molecule has 0 saturated carbocycles. The molecule has 0 aromatic rings. The molecule has 0 bridgehead atoms. The van der Waals surface area contributed by atoms with E-state index in [1.54, 1.807) is 7.05 Å². The molecule has 9 nitrogen and oxygen atoms in total. The molecule has 370 valence electrons. The maximum Gasteiger partial charge on any atom is 0.472 e. The molecular weight excluding hydrogens is 798 g/mol. The molecule has 2 unspecified atom stereocenters. The highest BCUT2D eigenvalue weighted by Crippen LogP contribution is 2.43. The van der Waals surface area contributed by atoms with E-state index in [2.05, 4.69) is 19.2 Å². The molecule has 0 radical (unpaired) electrons. The van der Waals surface area contributed by atoms with Crippen LogP contribution in [0.15, 0.2) is 0 Å². The Bertz CT molecular complexity index is 984. The van der Waals surface area contributed by atoms with Gasteiger partial charge in [0, 0.05) is 19.4 Å². The van der Waals surface area contributed by atoms with Crippen LogP contribution >= 0.6 is 7.82 Å². The van der Waals surface area contributed by atoms with Crippen LogP contribution in [0.2, 0.25) is 0 Å². The van der Waals surface area contributed by atoms with Gasteiger partial charge in [-0.1, -0.05) is 258 Å². The largest absolute Gasteiger partial charge is 0.472 e. The minimum atomic E-state index is -4.35. The lowest BCUT2D eigenvalue weighted by Crippen LogP contribution is -2.29. The number of esters is 2. The van der Waals surface area contributed by atoms with E-state index < -0.39 is 26.5 Å². The lowest BCUT2D eigenvalue weighted by Gasteiger charge is -2.20. The molecule has 62 heavy (non-hydrogen) atoms. The van der Waals surface area contributed by atoms with E-state index in [4.69, 9.17) is 18.5 Å². The number of carbonyl (C=O) groups excluding carboxylic acids is 2. The third-order valence-electron chi connectivity index (χ3n) is 12.2. The van der Waals surface area contributed by atoms with Gasteiger partial charge < -0.3 is 19.7 Å². The van der Waals surface area contributed by atoms with Gasteiger partial charge in [0.25, 0.3) is 0 Å². The van der Waals surface area contributed by atoms with Crippen LogP contribution in [0.25, 0.3) is 0 Å². The first kappa shape index (κ1) is 61.0. The van der Waals surface area contributed by atoms with Gasteiger partial charge in [-0.15, -0.1) is 0 Å². The van der Waals surface area contributed by atoms with Gasteiger partial charge in [-0.2, -0.15) is 0 Å². The topological polar surface area (TPSA) is 120 Å². The van der Waals surface area contributed by atoms with Gasteiger partial charge in [0.05, 0.1) is 13.2 Å². The number of ether oxygens (including phenoxy) is 2. The van der Waals surface area contributed by atoms with E-state index in [9.17, 15) is 19.0 Å². The Labute approximate surface area is 384 Å². The van der Waals surface area contributed by atoms with Crippen LogP contribution in [0.1, 0.15) is 284 Å². The highest BCUT2D eigenvalue weighted by Gasteiger charge is 2.26. The van der Waals surface area contributed by atoms with Gasteiger partial charge in [0.15, 0.2) is 6.10 Å². The van der Waals surface area contributed by atoms with Crippen molar-refractivity contribution in [3.05, 3.63) is 0 Å². The number of phosphoric acid groups is 1. The Balaban J connectivity index is 4.02. The van der Waals surface area contributed by atoms with E-state index in [-0.39, 0.29) is 25.6 Å². The minimum Gasteiger partial charge on any atom is -0.462 e. The number of carbonyl (C=O) groups is 2. The predicted octanol–water partition coefficient (Wildman–Crippen LogP) is 16.2. The summed E-state index contributed by atoms with van der Waals surface area (Å²) in [4.78, 5) is 35.3. The number of likely N-dealkylation sites (N-methyl/N-ethyl adjacent to an activating group) is 1. The Hall–Kier alpha value is -0.990. The lowest BCUT2D eigenvalue weighted by molar-refractivity contribution is -0.161. The summed E-state index contributed by atoms with van der Waals surface area (Å²) >= 11 is 0. The summed E-state index contributed by atoms with van der Waals surface area (Å²) in [5.74, 6) is -0.782. The van der Waals surface area contributed by atoms with Crippen LogP contribution in [0.5, 0.6) is 0 Å². The maximum absolute atomic E-state index is 12.7. The van der Waals surface area contributed by atoms with Gasteiger partial charge in [0.2, 0.25) is 0 Å². The summed E-state index contributed by atoms with van der Waals surface area (Å²) in [5.41, 5.74) is 0. The molecule has 2 N–H and O–H groups in total. The molecule has 0 aliphatic rings. The number of hydrogen-bond acceptors (Lipinski definition) is 8. The zero-order valence-corrected chi connectivity index (χ0v) is 42.3. The van der Waals surface area contributed by atoms with E-state index in [0.29, 0.717) is 13.0 Å². The summed E-state index contributed by atoms with van der Waals surface area (Å²) < 4.78 is 33.4. The molecule has 0 aliphatic heterocycles. The molecule has 0 aromatic carbocycles. The van der Waals surface area contributed by atoms with Crippen molar-refractivity contribution in [3.63, 3.8) is 0 Å². The van der Waals surface area contributed by atoms with E-state index in [1.165, 1.54) is 218 Å². The van der Waals surface area contributed by atoms with Crippen molar-refractivity contribution in [2.75, 3.05) is 33.4 Å². The zero-order chi connectivity index (χ0) is 45.3. The van der Waals surface area contributed by atoms with Crippen molar-refractivity contribution in [2.45, 2.75) is 290 Å². The summed E-state index contributed by atoms with van der Waals surface area (Å²) in [5, 5.41) is 2.84. The number of phosphoric ester groups is 1. The van der Waals surface area contributed by atoms with Crippen LogP contribution in [0.3, 0.4) is 0 Å². The summed E-state index contributed by atoms with van der Waals surface area (Å²) in [6.07, 6.45) is 51.6. The second-order valence-electron chi connectivity index (χ2n) is 18.4. The summed E-state index contributed by atoms with van der Waals surface area (Å²) in [7, 11) is -2.64. The normalized spacial score (nSPS) is 13.0. The molecule has 0 aromatic heterocycles. The van der Waals surface area contributed by atoms with E-state index in [1.807, 2.05) is 0 Å². The van der Waals surface area contributed by atoms with E-state index >= 15 is 0 Å². The second-order valence-corrected chi connectivity index (χ2v) is 19.9. The van der Waals surface area contributed by atoms with Crippen LogP contribution in [0.4, 0.5) is 0 Å². The highest BCUT2D eigenvalue weighted by molar-refractivity contribution is 7.47. The van der Waals surface area contributed by atoms with Crippen molar-refractivity contribution < 1.29 is 37.6 Å². The maximum atomic E-state index is 12.7. The Morgan fingerprint density at radius 3 is 1.03 bits per heavy atom. The van der Waals surface area contributed by atoms with Gasteiger partial charge in [-0.25, -0.2) is 4.57 Å². The minimum absolute atomic E-state index is 0.0113. The average molecular weight is 902 g/mol. The molecule has 2 atom stereocenters. The van der Waals surface area contributed by atoms with Crippen molar-refractivity contribution in [2.24, 2.45) is 0 Å². The number of hydrogen-bond donors (Lipinski definition) is 2. The first-order chi connectivity index (χ1) is 30.3. The molecule has 0 heterocycles. The SMILES string of the molecule is CCCCCCCCCCCCCCCCCCCCCCCC(=O)OCC(COP(=O)(O)OCCNC)OC(=O)CCCCCCCCCCCCCCCCCCCCC. The van der Waals surface area contributed by atoms with Crippen LogP contribution in [0, 0.1) is 0 Å². The third kappa shape index (κ3) is 48.5. The number of rotatable bonds is 52. The van der Waals surface area contributed by atoms with Gasteiger partial charge >= 0.3 is 19.8 Å². The standard InChI is InChI=1S/C52H104NO8P/c1-4-6-8-10-12-14-16-18-20-22-24-25-27-28-30-32-34-36-38-40-42-44-51(54)58-48-50(49-60-62(56,57)59-47-46-53-3)61-52(55)45-43-41-39-37-35-33-31-29-26-23-21-19-17-15-13-11-9-7-5-2/h50,53H,4-49H2,1-3H3,(H,56,57). The molecule has 10 heteroatoms. The fourth-order valence-electron chi connectivity index (χ4n) is 8.15. The predicted molar refractivity (Wildman–Crippen MR) is 262 cm³/mol. The van der Waals surface area contributed by atoms with Crippen LogP contribution < -0.4 is 5.32 Å². The second kappa shape index (κ2) is 49.4. The van der Waals surface area contributed by atoms with Gasteiger partial charge in [-0.05, 0) is 19.9 Å².